The Morgan fingerprint density at radius 2 is 2.16 bits per heavy atom. The van der Waals surface area contributed by atoms with Gasteiger partial charge in [0, 0.05) is 13.0 Å². The molecular formula is C18H23N4O2S+. The van der Waals surface area contributed by atoms with Gasteiger partial charge in [0.15, 0.2) is 5.16 Å². The normalized spacial score (nSPS) is 16.6. The third kappa shape index (κ3) is 4.40. The summed E-state index contributed by atoms with van der Waals surface area (Å²) in [7, 11) is 0. The Bertz CT molecular complexity index is 824. The van der Waals surface area contributed by atoms with Crippen LogP contribution in [0.15, 0.2) is 34.2 Å². The molecule has 1 N–H and O–H groups in total. The molecule has 0 amide bonds. The number of para-hydroxylation sites is 1. The topological polar surface area (TPSA) is 72.3 Å². The molecule has 0 spiro atoms. The molecule has 0 radical (unpaired) electrons. The molecule has 7 heteroatoms. The Kier molecular flexibility index (Phi) is 6.08. The number of thioether (sulfide) groups is 1. The molecule has 1 atom stereocenters. The Hall–Kier alpha value is -1.88. The number of rotatable bonds is 6. The highest BCUT2D eigenvalue weighted by Crippen LogP contribution is 2.22. The fourth-order valence-corrected chi connectivity index (χ4v) is 3.84. The smallest absolute Gasteiger partial charge is 0.262 e. The van der Waals surface area contributed by atoms with Crippen molar-refractivity contribution in [3.8, 4) is 6.07 Å². The van der Waals surface area contributed by atoms with Gasteiger partial charge in [0.1, 0.15) is 13.1 Å². The van der Waals surface area contributed by atoms with Gasteiger partial charge in [-0.3, -0.25) is 9.36 Å². The van der Waals surface area contributed by atoms with E-state index in [0.717, 1.165) is 39.3 Å². The van der Waals surface area contributed by atoms with Crippen molar-refractivity contribution in [3.63, 3.8) is 0 Å². The third-order valence-corrected chi connectivity index (χ3v) is 5.38. The number of nitrogens with one attached hydrogen (secondary N) is 1. The van der Waals surface area contributed by atoms with Crippen molar-refractivity contribution in [1.29, 1.82) is 5.26 Å². The molecule has 1 aliphatic heterocycles. The molecule has 6 nitrogen and oxygen atoms in total. The lowest BCUT2D eigenvalue weighted by Crippen LogP contribution is -3.14. The van der Waals surface area contributed by atoms with Crippen LogP contribution in [-0.4, -0.2) is 47.6 Å². The van der Waals surface area contributed by atoms with Crippen molar-refractivity contribution >= 4 is 22.7 Å². The Morgan fingerprint density at radius 3 is 2.92 bits per heavy atom. The first-order chi connectivity index (χ1) is 12.2. The van der Waals surface area contributed by atoms with E-state index in [1.807, 2.05) is 31.2 Å². The number of nitriles is 1. The van der Waals surface area contributed by atoms with Crippen LogP contribution in [0.4, 0.5) is 0 Å². The summed E-state index contributed by atoms with van der Waals surface area (Å²) in [5, 5.41) is 10.1. The number of hydrogen-bond donors (Lipinski definition) is 1. The molecule has 0 unspecified atom stereocenters. The van der Waals surface area contributed by atoms with Gasteiger partial charge in [-0.1, -0.05) is 23.9 Å². The molecular weight excluding hydrogens is 336 g/mol. The largest absolute Gasteiger partial charge is 0.370 e. The van der Waals surface area contributed by atoms with Gasteiger partial charge in [-0.05, 0) is 19.1 Å². The van der Waals surface area contributed by atoms with Gasteiger partial charge < -0.3 is 9.64 Å². The lowest BCUT2D eigenvalue weighted by atomic mass is 10.2. The predicted octanol–water partition coefficient (Wildman–Crippen LogP) is 0.706. The van der Waals surface area contributed by atoms with E-state index in [-0.39, 0.29) is 10.8 Å². The molecule has 1 aromatic carbocycles. The summed E-state index contributed by atoms with van der Waals surface area (Å²) < 4.78 is 7.12. The molecule has 25 heavy (non-hydrogen) atoms. The number of fused-ring (bicyclic) bond motifs is 1. The number of benzene rings is 1. The van der Waals surface area contributed by atoms with E-state index in [0.29, 0.717) is 22.6 Å². The van der Waals surface area contributed by atoms with Gasteiger partial charge in [-0.2, -0.15) is 5.26 Å². The number of nitrogens with zero attached hydrogens (tertiary/aromatic N) is 3. The average molecular weight is 359 g/mol. The maximum atomic E-state index is 12.9. The van der Waals surface area contributed by atoms with E-state index >= 15 is 0 Å². The van der Waals surface area contributed by atoms with Crippen molar-refractivity contribution in [2.45, 2.75) is 30.3 Å². The number of morpholine rings is 1. The number of quaternary nitrogens is 1. The van der Waals surface area contributed by atoms with Gasteiger partial charge in [-0.25, -0.2) is 4.98 Å². The molecule has 3 rings (SSSR count). The molecule has 1 fully saturated rings. The summed E-state index contributed by atoms with van der Waals surface area (Å²) in [5.74, 6) is 0. The maximum absolute atomic E-state index is 12.9. The van der Waals surface area contributed by atoms with E-state index in [1.54, 1.807) is 4.57 Å². The van der Waals surface area contributed by atoms with Crippen molar-refractivity contribution in [2.24, 2.45) is 0 Å². The molecule has 1 aliphatic rings. The van der Waals surface area contributed by atoms with Crippen LogP contribution in [-0.2, 0) is 11.3 Å². The molecule has 0 saturated carbocycles. The van der Waals surface area contributed by atoms with Crippen molar-refractivity contribution in [1.82, 2.24) is 9.55 Å². The minimum absolute atomic E-state index is 0.0183. The lowest BCUT2D eigenvalue weighted by Gasteiger charge is -2.24. The van der Waals surface area contributed by atoms with Crippen LogP contribution in [0.3, 0.4) is 0 Å². The van der Waals surface area contributed by atoms with E-state index in [2.05, 4.69) is 11.1 Å². The van der Waals surface area contributed by atoms with Crippen LogP contribution >= 0.6 is 11.8 Å². The van der Waals surface area contributed by atoms with Crippen molar-refractivity contribution < 1.29 is 9.64 Å². The summed E-state index contributed by atoms with van der Waals surface area (Å²) in [6.45, 7) is 7.15. The lowest BCUT2D eigenvalue weighted by molar-refractivity contribution is -0.908. The first-order valence-corrected chi connectivity index (χ1v) is 9.54. The van der Waals surface area contributed by atoms with Crippen LogP contribution in [0.25, 0.3) is 10.9 Å². The second-order valence-corrected chi connectivity index (χ2v) is 7.53. The molecule has 0 bridgehead atoms. The third-order valence-electron chi connectivity index (χ3n) is 4.40. The van der Waals surface area contributed by atoms with Crippen molar-refractivity contribution in [3.05, 3.63) is 34.6 Å². The van der Waals surface area contributed by atoms with Crippen LogP contribution < -0.4 is 10.5 Å². The average Bonchev–Trinajstić information content (AvgIpc) is 2.65. The SMILES string of the molecule is C[C@H](C#N)Sc1nc2ccccc2c(=O)n1CCC[NH+]1CCOCC1. The molecule has 1 aromatic heterocycles. The van der Waals surface area contributed by atoms with Crippen LogP contribution in [0.2, 0.25) is 0 Å². The molecule has 132 valence electrons. The maximum Gasteiger partial charge on any atom is 0.262 e. The minimum Gasteiger partial charge on any atom is -0.370 e. The fourth-order valence-electron chi connectivity index (χ4n) is 3.02. The van der Waals surface area contributed by atoms with Gasteiger partial charge in [0.2, 0.25) is 0 Å². The van der Waals surface area contributed by atoms with Crippen LogP contribution in [0.5, 0.6) is 0 Å². The Morgan fingerprint density at radius 1 is 1.40 bits per heavy atom. The van der Waals surface area contributed by atoms with E-state index < -0.39 is 0 Å². The fraction of sp³-hybridized carbons (Fsp3) is 0.500. The van der Waals surface area contributed by atoms with Crippen LogP contribution in [0, 0.1) is 11.3 Å². The molecule has 2 aromatic rings. The van der Waals surface area contributed by atoms with E-state index in [9.17, 15) is 4.79 Å². The number of aromatic nitrogens is 2. The number of ether oxygens (including phenoxy) is 1. The monoisotopic (exact) mass is 359 g/mol. The first-order valence-electron chi connectivity index (χ1n) is 8.66. The summed E-state index contributed by atoms with van der Waals surface area (Å²) in [5.41, 5.74) is 0.672. The highest BCUT2D eigenvalue weighted by molar-refractivity contribution is 8.00. The minimum atomic E-state index is -0.246. The Labute approximate surface area is 151 Å². The standard InChI is InChI=1S/C18H22N4O2S/c1-14(13-19)25-18-20-16-6-3-2-5-15(16)17(23)22(18)8-4-7-21-9-11-24-12-10-21/h2-3,5-6,14H,4,7-12H2,1H3/p+1/t14-/m1/s1. The van der Waals surface area contributed by atoms with Crippen LogP contribution in [0.1, 0.15) is 13.3 Å². The summed E-state index contributed by atoms with van der Waals surface area (Å²) in [6.07, 6.45) is 0.907. The molecule has 1 saturated heterocycles. The van der Waals surface area contributed by atoms with Gasteiger partial charge in [0.05, 0.1) is 42.0 Å². The zero-order valence-corrected chi connectivity index (χ0v) is 15.2. The van der Waals surface area contributed by atoms with Gasteiger partial charge in [0.25, 0.3) is 5.56 Å². The zero-order valence-electron chi connectivity index (χ0n) is 14.4. The summed E-state index contributed by atoms with van der Waals surface area (Å²) >= 11 is 1.35. The number of hydrogen-bond acceptors (Lipinski definition) is 5. The van der Waals surface area contributed by atoms with E-state index in [4.69, 9.17) is 10.00 Å². The quantitative estimate of drug-likeness (QED) is 0.607. The highest BCUT2D eigenvalue weighted by Gasteiger charge is 2.16. The Balaban J connectivity index is 1.83. The summed E-state index contributed by atoms with van der Waals surface area (Å²) in [4.78, 5) is 19.1. The second-order valence-electron chi connectivity index (χ2n) is 6.22. The molecule has 0 aliphatic carbocycles. The second kappa shape index (κ2) is 8.48. The first kappa shape index (κ1) is 17.9. The molecule has 2 heterocycles. The van der Waals surface area contributed by atoms with Gasteiger partial charge >= 0.3 is 0 Å². The highest BCUT2D eigenvalue weighted by atomic mass is 32.2. The predicted molar refractivity (Wildman–Crippen MR) is 97.9 cm³/mol. The zero-order chi connectivity index (χ0) is 17.6. The van der Waals surface area contributed by atoms with Gasteiger partial charge in [-0.15, -0.1) is 0 Å². The van der Waals surface area contributed by atoms with Crippen molar-refractivity contribution in [2.75, 3.05) is 32.8 Å². The van der Waals surface area contributed by atoms with E-state index in [1.165, 1.54) is 16.7 Å². The summed E-state index contributed by atoms with van der Waals surface area (Å²) in [6, 6.07) is 9.61.